The van der Waals surface area contributed by atoms with Gasteiger partial charge in [-0.2, -0.15) is 5.26 Å². The molecule has 0 fully saturated rings. The molecule has 8 rings (SSSR count). The lowest BCUT2D eigenvalue weighted by atomic mass is 9.55. The fraction of sp³-hybridized carbons (Fsp3) is 0.119. The quantitative estimate of drug-likeness (QED) is 0.200. The van der Waals surface area contributed by atoms with Crippen LogP contribution in [-0.2, 0) is 10.8 Å². The SMILES string of the molecule is CC1(C)c2ccccc2C2(c3ccccc3-c3c(C(N)c4ccccc4)cccc32)c2ccccc21.N#Cc1cccc(N)c1. The van der Waals surface area contributed by atoms with Crippen molar-refractivity contribution in [3.63, 3.8) is 0 Å². The summed E-state index contributed by atoms with van der Waals surface area (Å²) in [6.07, 6.45) is 0. The molecule has 2 aliphatic carbocycles. The van der Waals surface area contributed by atoms with Crippen LogP contribution in [0.25, 0.3) is 11.1 Å². The van der Waals surface area contributed by atoms with Crippen molar-refractivity contribution < 1.29 is 0 Å². The Morgan fingerprint density at radius 2 is 1.11 bits per heavy atom. The van der Waals surface area contributed by atoms with E-state index >= 15 is 0 Å². The van der Waals surface area contributed by atoms with Gasteiger partial charge in [-0.05, 0) is 73.8 Å². The second-order valence-electron chi connectivity index (χ2n) is 12.4. The molecule has 1 atom stereocenters. The zero-order valence-electron chi connectivity index (χ0n) is 25.5. The highest BCUT2D eigenvalue weighted by Crippen LogP contribution is 2.62. The van der Waals surface area contributed by atoms with Gasteiger partial charge in [0.05, 0.1) is 23.1 Å². The van der Waals surface area contributed by atoms with E-state index in [1.165, 1.54) is 50.1 Å². The Kier molecular flexibility index (Phi) is 6.89. The zero-order chi connectivity index (χ0) is 31.2. The highest BCUT2D eigenvalue weighted by molar-refractivity contribution is 5.90. The van der Waals surface area contributed by atoms with Gasteiger partial charge in [-0.15, -0.1) is 0 Å². The Morgan fingerprint density at radius 1 is 0.578 bits per heavy atom. The Bertz CT molecular complexity index is 2030. The van der Waals surface area contributed by atoms with Crippen molar-refractivity contribution in [2.75, 3.05) is 5.73 Å². The van der Waals surface area contributed by atoms with Crippen LogP contribution >= 0.6 is 0 Å². The normalized spacial score (nSPS) is 14.9. The molecule has 6 aromatic carbocycles. The summed E-state index contributed by atoms with van der Waals surface area (Å²) in [5, 5.41) is 8.36. The Labute approximate surface area is 265 Å². The number of hydrogen-bond donors (Lipinski definition) is 2. The van der Waals surface area contributed by atoms with Crippen LogP contribution in [0.3, 0.4) is 0 Å². The van der Waals surface area contributed by atoms with Gasteiger partial charge in [-0.3, -0.25) is 0 Å². The molecule has 45 heavy (non-hydrogen) atoms. The summed E-state index contributed by atoms with van der Waals surface area (Å²) in [5.41, 5.74) is 26.3. The third-order valence-electron chi connectivity index (χ3n) is 9.62. The monoisotopic (exact) mass is 581 g/mol. The molecule has 1 spiro atoms. The lowest BCUT2D eigenvalue weighted by Crippen LogP contribution is -2.40. The van der Waals surface area contributed by atoms with Gasteiger partial charge in [0, 0.05) is 11.1 Å². The molecule has 0 aliphatic heterocycles. The number of nitrogens with two attached hydrogens (primary N) is 2. The molecule has 6 aromatic rings. The fourth-order valence-electron chi connectivity index (χ4n) is 7.64. The number of nitrogens with zero attached hydrogens (tertiary/aromatic N) is 1. The van der Waals surface area contributed by atoms with E-state index in [0.29, 0.717) is 11.3 Å². The van der Waals surface area contributed by atoms with Gasteiger partial charge in [-0.25, -0.2) is 0 Å². The lowest BCUT2D eigenvalue weighted by Gasteiger charge is -2.46. The topological polar surface area (TPSA) is 75.8 Å². The molecule has 0 radical (unpaired) electrons. The summed E-state index contributed by atoms with van der Waals surface area (Å²) >= 11 is 0. The maximum atomic E-state index is 8.36. The van der Waals surface area contributed by atoms with Gasteiger partial charge in [0.25, 0.3) is 0 Å². The first-order chi connectivity index (χ1) is 21.9. The van der Waals surface area contributed by atoms with E-state index < -0.39 is 0 Å². The summed E-state index contributed by atoms with van der Waals surface area (Å²) in [5.74, 6) is 0. The number of hydrogen-bond acceptors (Lipinski definition) is 3. The van der Waals surface area contributed by atoms with Gasteiger partial charge < -0.3 is 11.5 Å². The summed E-state index contributed by atoms with van der Waals surface area (Å²) in [6.45, 7) is 4.72. The molecule has 2 aliphatic rings. The molecule has 1 unspecified atom stereocenters. The minimum Gasteiger partial charge on any atom is -0.399 e. The van der Waals surface area contributed by atoms with Crippen LogP contribution in [0.4, 0.5) is 5.69 Å². The van der Waals surface area contributed by atoms with E-state index in [1.54, 1.807) is 24.3 Å². The van der Waals surface area contributed by atoms with Crippen LogP contribution in [-0.4, -0.2) is 0 Å². The van der Waals surface area contributed by atoms with Gasteiger partial charge in [0.2, 0.25) is 0 Å². The Morgan fingerprint density at radius 3 is 1.71 bits per heavy atom. The first-order valence-corrected chi connectivity index (χ1v) is 15.4. The van der Waals surface area contributed by atoms with Crippen molar-refractivity contribution in [2.24, 2.45) is 5.73 Å². The van der Waals surface area contributed by atoms with Gasteiger partial charge in [0.1, 0.15) is 0 Å². The molecule has 3 nitrogen and oxygen atoms in total. The average Bonchev–Trinajstić information content (AvgIpc) is 3.39. The molecule has 0 bridgehead atoms. The van der Waals surface area contributed by atoms with Crippen LogP contribution in [0.1, 0.15) is 70.0 Å². The molecular weight excluding hydrogens is 546 g/mol. The standard InChI is InChI=1S/C35H29N.C7H6N2/c1-34(2)27-18-8-10-20-29(27)35(30-21-11-9-19-28(30)34)26-17-7-6-15-24(26)32-25(16-12-22-31(32)35)33(36)23-13-4-3-5-14-23;8-5-6-2-1-3-7(9)4-6/h3-22,33H,36H2,1-2H3;1-4H,9H2. The van der Waals surface area contributed by atoms with Crippen molar-refractivity contribution in [3.05, 3.63) is 196 Å². The largest absolute Gasteiger partial charge is 0.399 e. The molecular formula is C42H35N3. The van der Waals surface area contributed by atoms with E-state index in [2.05, 4.69) is 129 Å². The van der Waals surface area contributed by atoms with Crippen molar-refractivity contribution in [1.82, 2.24) is 0 Å². The summed E-state index contributed by atoms with van der Waals surface area (Å²) in [6, 6.07) is 53.0. The van der Waals surface area contributed by atoms with E-state index in [0.717, 1.165) is 5.56 Å². The summed E-state index contributed by atoms with van der Waals surface area (Å²) in [4.78, 5) is 0. The highest BCUT2D eigenvalue weighted by Gasteiger charge is 2.53. The molecule has 0 amide bonds. The number of rotatable bonds is 2. The van der Waals surface area contributed by atoms with E-state index in [4.69, 9.17) is 16.7 Å². The van der Waals surface area contributed by atoms with Crippen LogP contribution in [0.5, 0.6) is 0 Å². The van der Waals surface area contributed by atoms with Crippen LogP contribution in [0.2, 0.25) is 0 Å². The molecule has 0 saturated heterocycles. The van der Waals surface area contributed by atoms with Crippen molar-refractivity contribution in [1.29, 1.82) is 5.26 Å². The minimum absolute atomic E-state index is 0.0891. The van der Waals surface area contributed by atoms with E-state index in [-0.39, 0.29) is 16.9 Å². The number of fused-ring (bicyclic) bond motifs is 9. The number of benzene rings is 6. The second kappa shape index (κ2) is 10.9. The van der Waals surface area contributed by atoms with Gasteiger partial charge >= 0.3 is 0 Å². The first kappa shape index (κ1) is 28.3. The third-order valence-corrected chi connectivity index (χ3v) is 9.62. The molecule has 3 heteroatoms. The smallest absolute Gasteiger partial charge is 0.0992 e. The van der Waals surface area contributed by atoms with Crippen LogP contribution in [0.15, 0.2) is 146 Å². The van der Waals surface area contributed by atoms with E-state index in [1.807, 2.05) is 12.1 Å². The molecule has 0 saturated carbocycles. The second-order valence-corrected chi connectivity index (χ2v) is 12.4. The van der Waals surface area contributed by atoms with Crippen LogP contribution in [0, 0.1) is 11.3 Å². The molecule has 0 aromatic heterocycles. The van der Waals surface area contributed by atoms with Crippen molar-refractivity contribution in [3.8, 4) is 17.2 Å². The van der Waals surface area contributed by atoms with Gasteiger partial charge in [-0.1, -0.05) is 141 Å². The molecule has 218 valence electrons. The maximum absolute atomic E-state index is 8.36. The van der Waals surface area contributed by atoms with Gasteiger partial charge in [0.15, 0.2) is 0 Å². The van der Waals surface area contributed by atoms with E-state index in [9.17, 15) is 0 Å². The van der Waals surface area contributed by atoms with Crippen molar-refractivity contribution in [2.45, 2.75) is 30.7 Å². The number of nitriles is 1. The summed E-state index contributed by atoms with van der Waals surface area (Å²) < 4.78 is 0. The number of anilines is 1. The zero-order valence-corrected chi connectivity index (χ0v) is 25.5. The Hall–Kier alpha value is -5.43. The minimum atomic E-state index is -0.374. The maximum Gasteiger partial charge on any atom is 0.0992 e. The first-order valence-electron chi connectivity index (χ1n) is 15.4. The predicted octanol–water partition coefficient (Wildman–Crippen LogP) is 8.88. The van der Waals surface area contributed by atoms with Crippen molar-refractivity contribution >= 4 is 5.69 Å². The van der Waals surface area contributed by atoms with Crippen LogP contribution < -0.4 is 11.5 Å². The highest BCUT2D eigenvalue weighted by atomic mass is 14.6. The lowest BCUT2D eigenvalue weighted by molar-refractivity contribution is 0.563. The molecule has 4 N–H and O–H groups in total. The molecule has 0 heterocycles. The third kappa shape index (κ3) is 4.30. The fourth-order valence-corrected chi connectivity index (χ4v) is 7.64. The average molecular weight is 582 g/mol. The summed E-state index contributed by atoms with van der Waals surface area (Å²) in [7, 11) is 0. The predicted molar refractivity (Wildman–Crippen MR) is 184 cm³/mol. The Balaban J connectivity index is 0.000000313. The number of nitrogen functional groups attached to an aromatic ring is 1.